The fourth-order valence-electron chi connectivity index (χ4n) is 3.35. The van der Waals surface area contributed by atoms with E-state index in [1.807, 2.05) is 12.1 Å². The molecule has 2 rings (SSSR count). The van der Waals surface area contributed by atoms with Crippen molar-refractivity contribution in [3.05, 3.63) is 42.5 Å². The van der Waals surface area contributed by atoms with E-state index < -0.39 is 10.2 Å². The van der Waals surface area contributed by atoms with Crippen molar-refractivity contribution in [2.24, 2.45) is 0 Å². The second-order valence-electron chi connectivity index (χ2n) is 7.51. The Balaban J connectivity index is 1.58. The van der Waals surface area contributed by atoms with Gasteiger partial charge in [-0.05, 0) is 69.5 Å². The molecule has 0 spiro atoms. The fraction of sp³-hybridized carbons (Fsp3) is 0.591. The van der Waals surface area contributed by atoms with Crippen LogP contribution in [-0.4, -0.2) is 51.6 Å². The Morgan fingerprint density at radius 1 is 1.13 bits per heavy atom. The van der Waals surface area contributed by atoms with Gasteiger partial charge < -0.3 is 10.1 Å². The van der Waals surface area contributed by atoms with Gasteiger partial charge in [0.15, 0.2) is 0 Å². The van der Waals surface area contributed by atoms with Crippen LogP contribution in [0.5, 0.6) is 0 Å². The summed E-state index contributed by atoms with van der Waals surface area (Å²) in [5.74, 6) is 0. The maximum atomic E-state index is 12.6. The fourth-order valence-corrected chi connectivity index (χ4v) is 4.60. The summed E-state index contributed by atoms with van der Waals surface area (Å²) < 4.78 is 35.1. The number of nitrogens with zero attached hydrogens (tertiary/aromatic N) is 2. The average molecular weight is 435 g/mol. The van der Waals surface area contributed by atoms with Crippen molar-refractivity contribution in [2.45, 2.75) is 51.0 Å². The maximum absolute atomic E-state index is 12.6. The lowest BCUT2D eigenvalue weighted by molar-refractivity contribution is 0.0193. The molecule has 8 heteroatoms. The van der Waals surface area contributed by atoms with E-state index in [4.69, 9.17) is 10.00 Å². The smallest absolute Gasteiger partial charge is 0.301 e. The summed E-state index contributed by atoms with van der Waals surface area (Å²) in [5.41, 5.74) is 0.958. The van der Waals surface area contributed by atoms with Crippen molar-refractivity contribution >= 4 is 15.9 Å². The van der Waals surface area contributed by atoms with Crippen LogP contribution in [0.15, 0.2) is 36.9 Å². The number of nitriles is 1. The van der Waals surface area contributed by atoms with E-state index in [0.717, 1.165) is 39.0 Å². The number of hydrogen-bond donors (Lipinski definition) is 2. The Hall–Kier alpha value is -1.92. The van der Waals surface area contributed by atoms with Crippen LogP contribution in [0.2, 0.25) is 0 Å². The van der Waals surface area contributed by atoms with E-state index in [-0.39, 0.29) is 6.10 Å². The minimum Gasteiger partial charge on any atom is -0.378 e. The second-order valence-corrected chi connectivity index (χ2v) is 9.18. The molecule has 1 aliphatic heterocycles. The van der Waals surface area contributed by atoms with Gasteiger partial charge in [-0.25, -0.2) is 0 Å². The normalized spacial score (nSPS) is 15.6. The van der Waals surface area contributed by atoms with Gasteiger partial charge in [0.05, 0.1) is 17.7 Å². The predicted molar refractivity (Wildman–Crippen MR) is 120 cm³/mol. The number of anilines is 1. The molecule has 0 radical (unpaired) electrons. The summed E-state index contributed by atoms with van der Waals surface area (Å²) in [6, 6.07) is 8.41. The number of benzene rings is 1. The minimum absolute atomic E-state index is 0.131. The lowest BCUT2D eigenvalue weighted by Gasteiger charge is -2.31. The van der Waals surface area contributed by atoms with Gasteiger partial charge in [-0.1, -0.05) is 18.9 Å². The number of piperidine rings is 1. The highest BCUT2D eigenvalue weighted by molar-refractivity contribution is 7.90. The standard InChI is InChI=1S/C22H34N4O3S/c1-2-3-14-24-15-6-4-5-7-18-29-22-12-16-26(17-13-22)30(27,28)25-21-10-8-20(19-23)9-11-21/h2,8-11,22,24-25H,1,3-7,12-18H2. The third-order valence-corrected chi connectivity index (χ3v) is 6.67. The summed E-state index contributed by atoms with van der Waals surface area (Å²) in [6.45, 7) is 7.41. The molecule has 0 bridgehead atoms. The molecule has 0 atom stereocenters. The zero-order chi connectivity index (χ0) is 21.7. The van der Waals surface area contributed by atoms with Crippen LogP contribution >= 0.6 is 0 Å². The Morgan fingerprint density at radius 2 is 1.83 bits per heavy atom. The zero-order valence-electron chi connectivity index (χ0n) is 17.7. The molecule has 0 unspecified atom stereocenters. The van der Waals surface area contributed by atoms with Crippen LogP contribution in [0, 0.1) is 11.3 Å². The molecular formula is C22H34N4O3S. The SMILES string of the molecule is C=CCCNCCCCCCOC1CCN(S(=O)(=O)Nc2ccc(C#N)cc2)CC1. The second kappa shape index (κ2) is 13.4. The first-order valence-corrected chi connectivity index (χ1v) is 12.2. The first-order chi connectivity index (χ1) is 14.5. The van der Waals surface area contributed by atoms with Gasteiger partial charge in [0.25, 0.3) is 0 Å². The van der Waals surface area contributed by atoms with E-state index in [1.54, 1.807) is 24.3 Å². The minimum atomic E-state index is -3.59. The Labute approximate surface area is 181 Å². The molecule has 0 amide bonds. The molecule has 1 aromatic rings. The van der Waals surface area contributed by atoms with Gasteiger partial charge >= 0.3 is 10.2 Å². The molecule has 166 valence electrons. The van der Waals surface area contributed by atoms with Gasteiger partial charge in [-0.3, -0.25) is 4.72 Å². The van der Waals surface area contributed by atoms with Crippen LogP contribution in [-0.2, 0) is 14.9 Å². The monoisotopic (exact) mass is 434 g/mol. The van der Waals surface area contributed by atoms with Crippen LogP contribution in [0.1, 0.15) is 50.5 Å². The van der Waals surface area contributed by atoms with Crippen molar-refractivity contribution in [3.63, 3.8) is 0 Å². The summed E-state index contributed by atoms with van der Waals surface area (Å²) >= 11 is 0. The lowest BCUT2D eigenvalue weighted by Crippen LogP contribution is -2.43. The average Bonchev–Trinajstić information content (AvgIpc) is 2.76. The Morgan fingerprint density at radius 3 is 2.50 bits per heavy atom. The first-order valence-electron chi connectivity index (χ1n) is 10.8. The quantitative estimate of drug-likeness (QED) is 0.346. The van der Waals surface area contributed by atoms with E-state index in [2.05, 4.69) is 16.6 Å². The van der Waals surface area contributed by atoms with Crippen molar-refractivity contribution in [3.8, 4) is 6.07 Å². The van der Waals surface area contributed by atoms with E-state index >= 15 is 0 Å². The maximum Gasteiger partial charge on any atom is 0.301 e. The Bertz CT molecular complexity index is 767. The zero-order valence-corrected chi connectivity index (χ0v) is 18.5. The van der Waals surface area contributed by atoms with Gasteiger partial charge in [-0.15, -0.1) is 6.58 Å². The largest absolute Gasteiger partial charge is 0.378 e. The molecule has 30 heavy (non-hydrogen) atoms. The molecule has 1 aromatic carbocycles. The molecule has 7 nitrogen and oxygen atoms in total. The summed E-state index contributed by atoms with van der Waals surface area (Å²) in [7, 11) is -3.59. The summed E-state index contributed by atoms with van der Waals surface area (Å²) in [5, 5.41) is 12.2. The summed E-state index contributed by atoms with van der Waals surface area (Å²) in [4.78, 5) is 0. The number of ether oxygens (including phenoxy) is 1. The van der Waals surface area contributed by atoms with Gasteiger partial charge in [0, 0.05) is 25.4 Å². The number of unbranched alkanes of at least 4 members (excludes halogenated alkanes) is 3. The highest BCUT2D eigenvalue weighted by Gasteiger charge is 2.28. The van der Waals surface area contributed by atoms with Gasteiger partial charge in [0.1, 0.15) is 0 Å². The molecular weight excluding hydrogens is 400 g/mol. The van der Waals surface area contributed by atoms with E-state index in [1.165, 1.54) is 17.1 Å². The first kappa shape index (κ1) is 24.4. The van der Waals surface area contributed by atoms with E-state index in [9.17, 15) is 8.42 Å². The van der Waals surface area contributed by atoms with Crippen molar-refractivity contribution in [2.75, 3.05) is 37.5 Å². The number of hydrogen-bond acceptors (Lipinski definition) is 5. The van der Waals surface area contributed by atoms with Gasteiger partial charge in [-0.2, -0.15) is 18.0 Å². The molecule has 1 aliphatic rings. The molecule has 2 N–H and O–H groups in total. The molecule has 1 saturated heterocycles. The van der Waals surface area contributed by atoms with Crippen molar-refractivity contribution < 1.29 is 13.2 Å². The topological polar surface area (TPSA) is 94.5 Å². The molecule has 1 heterocycles. The molecule has 0 aliphatic carbocycles. The van der Waals surface area contributed by atoms with Crippen LogP contribution in [0.3, 0.4) is 0 Å². The predicted octanol–water partition coefficient (Wildman–Crippen LogP) is 3.42. The highest BCUT2D eigenvalue weighted by Crippen LogP contribution is 2.19. The van der Waals surface area contributed by atoms with Gasteiger partial charge in [0.2, 0.25) is 0 Å². The van der Waals surface area contributed by atoms with Crippen molar-refractivity contribution in [1.29, 1.82) is 5.26 Å². The number of rotatable bonds is 14. The molecule has 1 fully saturated rings. The Kier molecular flexibility index (Phi) is 10.9. The number of nitrogens with one attached hydrogen (secondary N) is 2. The summed E-state index contributed by atoms with van der Waals surface area (Å²) in [6.07, 6.45) is 9.07. The van der Waals surface area contributed by atoms with Crippen LogP contribution < -0.4 is 10.0 Å². The van der Waals surface area contributed by atoms with E-state index in [0.29, 0.717) is 37.2 Å². The lowest BCUT2D eigenvalue weighted by atomic mass is 10.1. The highest BCUT2D eigenvalue weighted by atomic mass is 32.2. The van der Waals surface area contributed by atoms with Crippen LogP contribution in [0.25, 0.3) is 0 Å². The third kappa shape index (κ3) is 8.84. The molecule has 0 saturated carbocycles. The van der Waals surface area contributed by atoms with Crippen molar-refractivity contribution in [1.82, 2.24) is 9.62 Å². The van der Waals surface area contributed by atoms with Crippen LogP contribution in [0.4, 0.5) is 5.69 Å². The third-order valence-electron chi connectivity index (χ3n) is 5.13. The molecule has 0 aromatic heterocycles.